The van der Waals surface area contributed by atoms with E-state index >= 15 is 0 Å². The first-order valence-electron chi connectivity index (χ1n) is 8.16. The summed E-state index contributed by atoms with van der Waals surface area (Å²) in [5, 5.41) is 10.2. The topological polar surface area (TPSA) is 101 Å². The Kier molecular flexibility index (Phi) is 5.61. The summed E-state index contributed by atoms with van der Waals surface area (Å²) in [4.78, 5) is 12.3. The van der Waals surface area contributed by atoms with Gasteiger partial charge in [-0.05, 0) is 43.3 Å². The molecule has 1 N–H and O–H groups in total. The molecular weight excluding hydrogens is 400 g/mol. The summed E-state index contributed by atoms with van der Waals surface area (Å²) in [6, 6.07) is 13.6. The van der Waals surface area contributed by atoms with Gasteiger partial charge < -0.3 is 4.74 Å². The van der Waals surface area contributed by atoms with Crippen LogP contribution in [-0.4, -0.2) is 38.7 Å². The lowest BCUT2D eigenvalue weighted by molar-refractivity contribution is 0.102. The number of carbonyl (C=O) groups excluding carboxylic acids is 1. The highest BCUT2D eigenvalue weighted by molar-refractivity contribution is 7.94. The summed E-state index contributed by atoms with van der Waals surface area (Å²) < 4.78 is 31.5. The maximum Gasteiger partial charge on any atom is 0.293 e. The van der Waals surface area contributed by atoms with Crippen molar-refractivity contribution >= 4 is 38.1 Å². The first-order chi connectivity index (χ1) is 13.3. The Morgan fingerprint density at radius 3 is 2.32 bits per heavy atom. The third kappa shape index (κ3) is 4.12. The number of rotatable bonds is 6. The number of carbonyl (C=O) groups is 1. The maximum absolute atomic E-state index is 12.8. The number of anilines is 2. The van der Waals surface area contributed by atoms with Gasteiger partial charge in [0.25, 0.3) is 20.3 Å². The van der Waals surface area contributed by atoms with Crippen LogP contribution in [-0.2, 0) is 10.0 Å². The molecule has 3 aromatic rings. The SMILES string of the molecule is COc1ccc(C(=O)Nc2nnc(S(=O)(=O)N(C)c3ccc(C)cc3)s2)cc1. The predicted octanol–water partition coefficient (Wildman–Crippen LogP) is 2.93. The summed E-state index contributed by atoms with van der Waals surface area (Å²) in [6.45, 7) is 1.92. The van der Waals surface area contributed by atoms with Gasteiger partial charge in [-0.15, -0.1) is 10.2 Å². The smallest absolute Gasteiger partial charge is 0.293 e. The van der Waals surface area contributed by atoms with Crippen LogP contribution in [0.4, 0.5) is 10.8 Å². The second-order valence-corrected chi connectivity index (χ2v) is 8.98. The zero-order valence-corrected chi connectivity index (χ0v) is 17.0. The molecule has 0 spiro atoms. The fourth-order valence-corrected chi connectivity index (χ4v) is 4.53. The molecule has 0 aliphatic heterocycles. The number of aryl methyl sites for hydroxylation is 1. The van der Waals surface area contributed by atoms with E-state index in [-0.39, 0.29) is 9.47 Å². The number of aromatic nitrogens is 2. The van der Waals surface area contributed by atoms with Crippen molar-refractivity contribution in [3.63, 3.8) is 0 Å². The van der Waals surface area contributed by atoms with Crippen molar-refractivity contribution in [3.05, 3.63) is 59.7 Å². The molecule has 0 radical (unpaired) electrons. The third-order valence-electron chi connectivity index (χ3n) is 3.96. The summed E-state index contributed by atoms with van der Waals surface area (Å²) >= 11 is 0.788. The van der Waals surface area contributed by atoms with Crippen LogP contribution in [0.15, 0.2) is 52.9 Å². The molecule has 0 fully saturated rings. The minimum atomic E-state index is -3.88. The van der Waals surface area contributed by atoms with Crippen LogP contribution in [0.3, 0.4) is 0 Å². The van der Waals surface area contributed by atoms with E-state index in [4.69, 9.17) is 4.74 Å². The lowest BCUT2D eigenvalue weighted by atomic mass is 10.2. The Bertz CT molecular complexity index is 1080. The first-order valence-corrected chi connectivity index (χ1v) is 10.4. The van der Waals surface area contributed by atoms with Gasteiger partial charge in [-0.2, -0.15) is 8.42 Å². The van der Waals surface area contributed by atoms with Crippen molar-refractivity contribution in [2.75, 3.05) is 23.8 Å². The molecule has 8 nitrogen and oxygen atoms in total. The van der Waals surface area contributed by atoms with E-state index < -0.39 is 15.9 Å². The standard InChI is InChI=1S/C18H18N4O4S2/c1-12-4-8-14(9-5-12)22(2)28(24,25)18-21-20-17(27-18)19-16(23)13-6-10-15(26-3)11-7-13/h4-11H,1-3H3,(H,19,20,23). The summed E-state index contributed by atoms with van der Waals surface area (Å²) in [7, 11) is -0.908. The van der Waals surface area contributed by atoms with E-state index in [1.165, 1.54) is 14.2 Å². The largest absolute Gasteiger partial charge is 0.497 e. The fraction of sp³-hybridized carbons (Fsp3) is 0.167. The zero-order valence-electron chi connectivity index (χ0n) is 15.4. The average molecular weight is 419 g/mol. The number of methoxy groups -OCH3 is 1. The molecule has 0 saturated heterocycles. The predicted molar refractivity (Wildman–Crippen MR) is 108 cm³/mol. The maximum atomic E-state index is 12.8. The van der Waals surface area contributed by atoms with Gasteiger partial charge in [0.15, 0.2) is 0 Å². The number of nitrogens with one attached hydrogen (secondary N) is 1. The van der Waals surface area contributed by atoms with Crippen LogP contribution < -0.4 is 14.4 Å². The molecular formula is C18H18N4O4S2. The average Bonchev–Trinajstić information content (AvgIpc) is 3.17. The number of hydrogen-bond acceptors (Lipinski definition) is 7. The van der Waals surface area contributed by atoms with Crippen LogP contribution in [0, 0.1) is 6.92 Å². The van der Waals surface area contributed by atoms with Crippen molar-refractivity contribution in [2.24, 2.45) is 0 Å². The van der Waals surface area contributed by atoms with Crippen molar-refractivity contribution < 1.29 is 17.9 Å². The summed E-state index contributed by atoms with van der Waals surface area (Å²) in [5.74, 6) is 0.203. The minimum Gasteiger partial charge on any atom is -0.497 e. The molecule has 0 aliphatic carbocycles. The van der Waals surface area contributed by atoms with E-state index in [0.29, 0.717) is 17.0 Å². The Hall–Kier alpha value is -2.98. The van der Waals surface area contributed by atoms with E-state index in [2.05, 4.69) is 15.5 Å². The molecule has 0 atom stereocenters. The Balaban J connectivity index is 1.76. The number of nitrogens with zero attached hydrogens (tertiary/aromatic N) is 3. The quantitative estimate of drug-likeness (QED) is 0.618. The molecule has 1 heterocycles. The molecule has 0 aliphatic rings. The highest BCUT2D eigenvalue weighted by Crippen LogP contribution is 2.26. The van der Waals surface area contributed by atoms with Gasteiger partial charge in [-0.25, -0.2) is 0 Å². The molecule has 3 rings (SSSR count). The highest BCUT2D eigenvalue weighted by atomic mass is 32.2. The van der Waals surface area contributed by atoms with E-state index in [1.807, 2.05) is 19.1 Å². The van der Waals surface area contributed by atoms with Gasteiger partial charge >= 0.3 is 0 Å². The van der Waals surface area contributed by atoms with E-state index in [1.54, 1.807) is 36.4 Å². The first kappa shape index (κ1) is 19.8. The van der Waals surface area contributed by atoms with Crippen molar-refractivity contribution in [1.29, 1.82) is 0 Å². The molecule has 0 bridgehead atoms. The number of amides is 1. The van der Waals surface area contributed by atoms with Crippen molar-refractivity contribution in [1.82, 2.24) is 10.2 Å². The molecule has 1 amide bonds. The van der Waals surface area contributed by atoms with Gasteiger partial charge in [0, 0.05) is 12.6 Å². The number of sulfonamides is 1. The Labute approximate surface area is 166 Å². The normalized spacial score (nSPS) is 11.1. The molecule has 0 saturated carbocycles. The Morgan fingerprint density at radius 1 is 1.07 bits per heavy atom. The summed E-state index contributed by atoms with van der Waals surface area (Å²) in [6.07, 6.45) is 0. The molecule has 1 aromatic heterocycles. The second kappa shape index (κ2) is 7.95. The highest BCUT2D eigenvalue weighted by Gasteiger charge is 2.26. The van der Waals surface area contributed by atoms with E-state index in [0.717, 1.165) is 21.2 Å². The number of hydrogen-bond donors (Lipinski definition) is 1. The van der Waals surface area contributed by atoms with E-state index in [9.17, 15) is 13.2 Å². The van der Waals surface area contributed by atoms with Gasteiger partial charge in [0.2, 0.25) is 5.13 Å². The van der Waals surface area contributed by atoms with Crippen molar-refractivity contribution in [3.8, 4) is 5.75 Å². The molecule has 146 valence electrons. The van der Waals surface area contributed by atoms with Crippen LogP contribution in [0.5, 0.6) is 5.75 Å². The fourth-order valence-electron chi connectivity index (χ4n) is 2.29. The summed E-state index contributed by atoms with van der Waals surface area (Å²) in [5.41, 5.74) is 1.91. The lowest BCUT2D eigenvalue weighted by Gasteiger charge is -2.17. The molecule has 28 heavy (non-hydrogen) atoms. The molecule has 2 aromatic carbocycles. The second-order valence-electron chi connectivity index (χ2n) is 5.86. The monoisotopic (exact) mass is 418 g/mol. The Morgan fingerprint density at radius 2 is 1.71 bits per heavy atom. The lowest BCUT2D eigenvalue weighted by Crippen LogP contribution is -2.26. The van der Waals surface area contributed by atoms with Crippen molar-refractivity contribution in [2.45, 2.75) is 11.3 Å². The molecule has 10 heteroatoms. The number of ether oxygens (including phenoxy) is 1. The molecule has 0 unspecified atom stereocenters. The van der Waals surface area contributed by atoms with Gasteiger partial charge in [-0.1, -0.05) is 29.0 Å². The van der Waals surface area contributed by atoms with Crippen LogP contribution >= 0.6 is 11.3 Å². The van der Waals surface area contributed by atoms with Crippen LogP contribution in [0.1, 0.15) is 15.9 Å². The zero-order chi connectivity index (χ0) is 20.3. The van der Waals surface area contributed by atoms with Crippen LogP contribution in [0.25, 0.3) is 0 Å². The minimum absolute atomic E-state index is 0.0942. The number of benzene rings is 2. The van der Waals surface area contributed by atoms with Gasteiger partial charge in [0.05, 0.1) is 12.8 Å². The third-order valence-corrected chi connectivity index (χ3v) is 6.93. The van der Waals surface area contributed by atoms with Gasteiger partial charge in [0.1, 0.15) is 5.75 Å². The van der Waals surface area contributed by atoms with Crippen LogP contribution in [0.2, 0.25) is 0 Å². The van der Waals surface area contributed by atoms with Gasteiger partial charge in [-0.3, -0.25) is 14.4 Å².